The van der Waals surface area contributed by atoms with Crippen LogP contribution in [0.4, 0.5) is 10.1 Å². The van der Waals surface area contributed by atoms with Crippen molar-refractivity contribution in [2.45, 2.75) is 20.3 Å². The van der Waals surface area contributed by atoms with Crippen LogP contribution in [0, 0.1) is 27.6 Å². The number of nitriles is 1. The summed E-state index contributed by atoms with van der Waals surface area (Å²) in [6.07, 6.45) is 2.05. The molecular formula is C26H22FIN2O2. The van der Waals surface area contributed by atoms with Gasteiger partial charge in [0.25, 0.3) is 5.91 Å². The van der Waals surface area contributed by atoms with Gasteiger partial charge in [-0.05, 0) is 95.6 Å². The second-order valence-electron chi connectivity index (χ2n) is 7.21. The standard InChI is InChI=1S/C26H22FIN2O2/c1-3-32-25-15-19(14-24(28)23(25)13-18-7-5-8-21(27)12-18)11-20(16-29)26(31)30-22-9-4-6-17(2)10-22/h4-12,14-15H,3,13H2,1-2H3,(H,30,31)/b20-11+. The van der Waals surface area contributed by atoms with E-state index in [1.165, 1.54) is 12.1 Å². The van der Waals surface area contributed by atoms with Crippen LogP contribution in [0.2, 0.25) is 0 Å². The Balaban J connectivity index is 1.91. The summed E-state index contributed by atoms with van der Waals surface area (Å²) in [4.78, 5) is 12.6. The lowest BCUT2D eigenvalue weighted by molar-refractivity contribution is -0.112. The van der Waals surface area contributed by atoms with Gasteiger partial charge in [-0.1, -0.05) is 24.3 Å². The van der Waals surface area contributed by atoms with Crippen LogP contribution in [-0.2, 0) is 11.2 Å². The third kappa shape index (κ3) is 6.17. The SMILES string of the molecule is CCOc1cc(/C=C(\C#N)C(=O)Nc2cccc(C)c2)cc(I)c1Cc1cccc(F)c1. The molecule has 0 aliphatic carbocycles. The molecule has 6 heteroatoms. The maximum atomic E-state index is 13.6. The van der Waals surface area contributed by atoms with Gasteiger partial charge in [0.1, 0.15) is 23.2 Å². The van der Waals surface area contributed by atoms with E-state index in [1.807, 2.05) is 50.2 Å². The van der Waals surface area contributed by atoms with Crippen LogP contribution in [0.3, 0.4) is 0 Å². The molecule has 162 valence electrons. The Kier molecular flexibility index (Phi) is 8.01. The zero-order valence-corrected chi connectivity index (χ0v) is 19.9. The number of amides is 1. The molecule has 32 heavy (non-hydrogen) atoms. The summed E-state index contributed by atoms with van der Waals surface area (Å²) in [7, 11) is 0. The molecule has 3 aromatic carbocycles. The van der Waals surface area contributed by atoms with Gasteiger partial charge in [-0.3, -0.25) is 4.79 Å². The summed E-state index contributed by atoms with van der Waals surface area (Å²) in [5.74, 6) is -0.116. The van der Waals surface area contributed by atoms with Crippen LogP contribution in [0.25, 0.3) is 6.08 Å². The second kappa shape index (κ2) is 10.9. The van der Waals surface area contributed by atoms with E-state index < -0.39 is 5.91 Å². The lowest BCUT2D eigenvalue weighted by Gasteiger charge is -2.14. The fourth-order valence-corrected chi connectivity index (χ4v) is 4.07. The molecule has 0 atom stereocenters. The third-order valence-electron chi connectivity index (χ3n) is 4.70. The molecular weight excluding hydrogens is 518 g/mol. The maximum absolute atomic E-state index is 13.6. The molecule has 0 saturated heterocycles. The number of hydrogen-bond acceptors (Lipinski definition) is 3. The third-order valence-corrected chi connectivity index (χ3v) is 5.66. The van der Waals surface area contributed by atoms with Gasteiger partial charge in [0, 0.05) is 21.2 Å². The van der Waals surface area contributed by atoms with Gasteiger partial charge >= 0.3 is 0 Å². The van der Waals surface area contributed by atoms with Gasteiger partial charge in [-0.25, -0.2) is 4.39 Å². The minimum Gasteiger partial charge on any atom is -0.494 e. The fourth-order valence-electron chi connectivity index (χ4n) is 3.26. The zero-order chi connectivity index (χ0) is 23.1. The molecule has 4 nitrogen and oxygen atoms in total. The van der Waals surface area contributed by atoms with E-state index in [4.69, 9.17) is 4.74 Å². The first-order chi connectivity index (χ1) is 15.4. The smallest absolute Gasteiger partial charge is 0.266 e. The van der Waals surface area contributed by atoms with Crippen LogP contribution >= 0.6 is 22.6 Å². The number of aryl methyl sites for hydroxylation is 1. The number of nitrogens with one attached hydrogen (secondary N) is 1. The van der Waals surface area contributed by atoms with Crippen molar-refractivity contribution in [1.29, 1.82) is 5.26 Å². The van der Waals surface area contributed by atoms with E-state index in [9.17, 15) is 14.4 Å². The minimum absolute atomic E-state index is 0.0114. The molecule has 0 aliphatic rings. The average molecular weight is 540 g/mol. The van der Waals surface area contributed by atoms with Crippen molar-refractivity contribution in [2.24, 2.45) is 0 Å². The van der Waals surface area contributed by atoms with Gasteiger partial charge in [0.15, 0.2) is 0 Å². The number of halogens is 2. The lowest BCUT2D eigenvalue weighted by atomic mass is 10.0. The van der Waals surface area contributed by atoms with Crippen LogP contribution < -0.4 is 10.1 Å². The van der Waals surface area contributed by atoms with Gasteiger partial charge < -0.3 is 10.1 Å². The Labute approximate surface area is 200 Å². The average Bonchev–Trinajstić information content (AvgIpc) is 2.74. The predicted molar refractivity (Wildman–Crippen MR) is 133 cm³/mol. The number of hydrogen-bond donors (Lipinski definition) is 1. The molecule has 0 aliphatic heterocycles. The number of carbonyl (C=O) groups is 1. The Hall–Kier alpha value is -3.18. The second-order valence-corrected chi connectivity index (χ2v) is 8.37. The van der Waals surface area contributed by atoms with Gasteiger partial charge in [0.05, 0.1) is 6.61 Å². The topological polar surface area (TPSA) is 62.1 Å². The molecule has 0 saturated carbocycles. The van der Waals surface area contributed by atoms with E-state index in [0.29, 0.717) is 30.0 Å². The fraction of sp³-hybridized carbons (Fsp3) is 0.154. The summed E-state index contributed by atoms with van der Waals surface area (Å²) in [5, 5.41) is 12.3. The van der Waals surface area contributed by atoms with E-state index >= 15 is 0 Å². The molecule has 3 rings (SSSR count). The van der Waals surface area contributed by atoms with E-state index in [0.717, 1.165) is 20.3 Å². The molecule has 0 heterocycles. The van der Waals surface area contributed by atoms with Crippen LogP contribution in [0.5, 0.6) is 5.75 Å². The monoisotopic (exact) mass is 540 g/mol. The number of ether oxygens (including phenoxy) is 1. The van der Waals surface area contributed by atoms with Crippen LogP contribution in [-0.4, -0.2) is 12.5 Å². The normalized spacial score (nSPS) is 11.0. The first kappa shape index (κ1) is 23.5. The number of anilines is 1. The van der Waals surface area contributed by atoms with Gasteiger partial charge in [-0.15, -0.1) is 0 Å². The van der Waals surface area contributed by atoms with Crippen molar-refractivity contribution in [2.75, 3.05) is 11.9 Å². The molecule has 1 amide bonds. The molecule has 0 unspecified atom stereocenters. The number of rotatable bonds is 7. The molecule has 0 aromatic heterocycles. The Morgan fingerprint density at radius 2 is 1.97 bits per heavy atom. The van der Waals surface area contributed by atoms with E-state index in [-0.39, 0.29) is 11.4 Å². The largest absolute Gasteiger partial charge is 0.494 e. The van der Waals surface area contributed by atoms with Gasteiger partial charge in [-0.2, -0.15) is 5.26 Å². The Morgan fingerprint density at radius 3 is 2.66 bits per heavy atom. The van der Waals surface area contributed by atoms with Crippen molar-refractivity contribution in [3.63, 3.8) is 0 Å². The predicted octanol–water partition coefficient (Wildman–Crippen LogP) is 6.27. The minimum atomic E-state index is -0.477. The summed E-state index contributed by atoms with van der Waals surface area (Å²) in [5.41, 5.74) is 4.07. The summed E-state index contributed by atoms with van der Waals surface area (Å²) in [6.45, 7) is 4.27. The highest BCUT2D eigenvalue weighted by atomic mass is 127. The van der Waals surface area contributed by atoms with Crippen molar-refractivity contribution in [3.8, 4) is 11.8 Å². The Morgan fingerprint density at radius 1 is 1.19 bits per heavy atom. The number of nitrogens with zero attached hydrogens (tertiary/aromatic N) is 1. The van der Waals surface area contributed by atoms with Crippen LogP contribution in [0.1, 0.15) is 29.2 Å². The van der Waals surface area contributed by atoms with Crippen molar-refractivity contribution >= 4 is 40.3 Å². The van der Waals surface area contributed by atoms with Crippen LogP contribution in [0.15, 0.2) is 66.2 Å². The Bertz CT molecular complexity index is 1210. The van der Waals surface area contributed by atoms with Crippen molar-refractivity contribution in [1.82, 2.24) is 0 Å². The highest BCUT2D eigenvalue weighted by molar-refractivity contribution is 14.1. The summed E-state index contributed by atoms with van der Waals surface area (Å²) in [6, 6.07) is 19.5. The zero-order valence-electron chi connectivity index (χ0n) is 17.8. The summed E-state index contributed by atoms with van der Waals surface area (Å²) < 4.78 is 20.3. The maximum Gasteiger partial charge on any atom is 0.266 e. The highest BCUT2D eigenvalue weighted by Crippen LogP contribution is 2.30. The molecule has 3 aromatic rings. The van der Waals surface area contributed by atoms with E-state index in [1.54, 1.807) is 24.3 Å². The molecule has 0 radical (unpaired) electrons. The molecule has 0 spiro atoms. The molecule has 0 bridgehead atoms. The first-order valence-electron chi connectivity index (χ1n) is 10.1. The van der Waals surface area contributed by atoms with Crippen molar-refractivity contribution in [3.05, 3.63) is 97.9 Å². The first-order valence-corrected chi connectivity index (χ1v) is 11.2. The number of carbonyl (C=O) groups excluding carboxylic acids is 1. The number of benzene rings is 3. The van der Waals surface area contributed by atoms with Crippen molar-refractivity contribution < 1.29 is 13.9 Å². The van der Waals surface area contributed by atoms with E-state index in [2.05, 4.69) is 27.9 Å². The lowest BCUT2D eigenvalue weighted by Crippen LogP contribution is -2.13. The van der Waals surface area contributed by atoms with Gasteiger partial charge in [0.2, 0.25) is 0 Å². The quantitative estimate of drug-likeness (QED) is 0.218. The summed E-state index contributed by atoms with van der Waals surface area (Å²) >= 11 is 2.20. The molecule has 1 N–H and O–H groups in total. The molecule has 0 fully saturated rings. The highest BCUT2D eigenvalue weighted by Gasteiger charge is 2.14.